The van der Waals surface area contributed by atoms with Crippen LogP contribution in [0.1, 0.15) is 35.8 Å². The Morgan fingerprint density at radius 3 is 2.79 bits per heavy atom. The number of hydrogen-bond acceptors (Lipinski definition) is 5. The number of aliphatic hydroxyl groups excluding tert-OH is 1. The maximum Gasteiger partial charge on any atom is 0.346 e. The summed E-state index contributed by atoms with van der Waals surface area (Å²) in [6.07, 6.45) is 3.01. The lowest BCUT2D eigenvalue weighted by Gasteiger charge is -2.17. The highest BCUT2D eigenvalue weighted by Gasteiger charge is 2.19. The third kappa shape index (κ3) is 4.07. The number of carbonyl (C=O) groups is 1. The van der Waals surface area contributed by atoms with E-state index in [4.69, 9.17) is 5.11 Å². The van der Waals surface area contributed by atoms with Crippen LogP contribution in [-0.2, 0) is 0 Å². The van der Waals surface area contributed by atoms with Crippen molar-refractivity contribution in [3.8, 4) is 0 Å². The van der Waals surface area contributed by atoms with Crippen molar-refractivity contribution in [2.24, 2.45) is 0 Å². The average Bonchev–Trinajstić information content (AvgIpc) is 2.36. The lowest BCUT2D eigenvalue weighted by Crippen LogP contribution is -2.36. The summed E-state index contributed by atoms with van der Waals surface area (Å²) in [5, 5.41) is 12.2. The Labute approximate surface area is 116 Å². The van der Waals surface area contributed by atoms with E-state index in [1.165, 1.54) is 11.8 Å². The van der Waals surface area contributed by atoms with Gasteiger partial charge in [-0.15, -0.1) is 11.8 Å². The van der Waals surface area contributed by atoms with Gasteiger partial charge in [0.25, 0.3) is 5.91 Å². The molecule has 19 heavy (non-hydrogen) atoms. The Morgan fingerprint density at radius 2 is 2.26 bits per heavy atom. The van der Waals surface area contributed by atoms with Crippen molar-refractivity contribution >= 4 is 17.7 Å². The molecule has 1 aromatic rings. The van der Waals surface area contributed by atoms with Crippen LogP contribution in [0.4, 0.5) is 0 Å². The van der Waals surface area contributed by atoms with Crippen molar-refractivity contribution in [2.45, 2.75) is 37.8 Å². The summed E-state index contributed by atoms with van der Waals surface area (Å²) in [5.74, 6) is -0.272. The van der Waals surface area contributed by atoms with Gasteiger partial charge in [0.2, 0.25) is 0 Å². The standard InChI is InChI=1S/C12H19N3O3S/c1-4-8(5-6-16)14-10(17)9-7(2)13-12(18)15-11(9)19-3/h8,16H,4-6H2,1-3H3,(H,14,17)(H,13,15,18). The molecular weight excluding hydrogens is 266 g/mol. The Morgan fingerprint density at radius 1 is 1.58 bits per heavy atom. The molecule has 6 nitrogen and oxygen atoms in total. The number of H-pyrrole nitrogens is 1. The van der Waals surface area contributed by atoms with E-state index in [0.717, 1.165) is 6.42 Å². The molecule has 106 valence electrons. The van der Waals surface area contributed by atoms with Crippen LogP contribution in [0.15, 0.2) is 9.82 Å². The molecule has 0 aliphatic carbocycles. The average molecular weight is 285 g/mol. The number of aliphatic hydroxyl groups is 1. The first kappa shape index (κ1) is 15.7. The molecule has 1 heterocycles. The zero-order valence-corrected chi connectivity index (χ0v) is 12.1. The molecule has 0 aromatic carbocycles. The van der Waals surface area contributed by atoms with E-state index >= 15 is 0 Å². The van der Waals surface area contributed by atoms with Gasteiger partial charge < -0.3 is 15.4 Å². The summed E-state index contributed by atoms with van der Waals surface area (Å²) >= 11 is 1.26. The Kier molecular flexibility index (Phi) is 6.04. The van der Waals surface area contributed by atoms with Gasteiger partial charge in [0.05, 0.1) is 5.56 Å². The van der Waals surface area contributed by atoms with E-state index in [2.05, 4.69) is 15.3 Å². The predicted molar refractivity (Wildman–Crippen MR) is 74.6 cm³/mol. The minimum absolute atomic E-state index is 0.0248. The monoisotopic (exact) mass is 285 g/mol. The van der Waals surface area contributed by atoms with Gasteiger partial charge in [-0.3, -0.25) is 4.79 Å². The molecule has 0 saturated carbocycles. The van der Waals surface area contributed by atoms with Gasteiger partial charge >= 0.3 is 5.69 Å². The Balaban J connectivity index is 3.02. The minimum Gasteiger partial charge on any atom is -0.396 e. The summed E-state index contributed by atoms with van der Waals surface area (Å²) in [7, 11) is 0. The van der Waals surface area contributed by atoms with Crippen molar-refractivity contribution in [3.63, 3.8) is 0 Å². The number of nitrogens with one attached hydrogen (secondary N) is 2. The van der Waals surface area contributed by atoms with Crippen LogP contribution in [0.3, 0.4) is 0 Å². The van der Waals surface area contributed by atoms with Gasteiger partial charge in [0, 0.05) is 18.3 Å². The molecule has 1 rings (SSSR count). The van der Waals surface area contributed by atoms with Gasteiger partial charge in [-0.2, -0.15) is 4.98 Å². The lowest BCUT2D eigenvalue weighted by molar-refractivity contribution is 0.0924. The number of aryl methyl sites for hydroxylation is 1. The second kappa shape index (κ2) is 7.30. The highest BCUT2D eigenvalue weighted by molar-refractivity contribution is 7.98. The topological polar surface area (TPSA) is 95.1 Å². The predicted octanol–water partition coefficient (Wildman–Crippen LogP) is 0.691. The first-order valence-electron chi connectivity index (χ1n) is 6.10. The van der Waals surface area contributed by atoms with Crippen LogP contribution >= 0.6 is 11.8 Å². The molecular formula is C12H19N3O3S. The Hall–Kier alpha value is -1.34. The van der Waals surface area contributed by atoms with Crippen LogP contribution < -0.4 is 11.0 Å². The maximum absolute atomic E-state index is 12.2. The SMILES string of the molecule is CCC(CCO)NC(=O)c1c(SC)nc(=O)[nH]c1C. The zero-order valence-electron chi connectivity index (χ0n) is 11.3. The van der Waals surface area contributed by atoms with Crippen molar-refractivity contribution in [1.82, 2.24) is 15.3 Å². The van der Waals surface area contributed by atoms with Crippen LogP contribution in [0, 0.1) is 6.92 Å². The fourth-order valence-corrected chi connectivity index (χ4v) is 2.39. The van der Waals surface area contributed by atoms with Crippen LogP contribution in [0.25, 0.3) is 0 Å². The van der Waals surface area contributed by atoms with E-state index in [9.17, 15) is 9.59 Å². The number of nitrogens with zero attached hydrogens (tertiary/aromatic N) is 1. The summed E-state index contributed by atoms with van der Waals surface area (Å²) < 4.78 is 0. The molecule has 0 aliphatic heterocycles. The molecule has 1 aromatic heterocycles. The van der Waals surface area contributed by atoms with Crippen LogP contribution in [0.2, 0.25) is 0 Å². The zero-order chi connectivity index (χ0) is 14.4. The molecule has 7 heteroatoms. The molecule has 0 bridgehead atoms. The van der Waals surface area contributed by atoms with Crippen LogP contribution in [0.5, 0.6) is 0 Å². The summed E-state index contributed by atoms with van der Waals surface area (Å²) in [6, 6.07) is -0.0847. The largest absolute Gasteiger partial charge is 0.396 e. The highest BCUT2D eigenvalue weighted by Crippen LogP contribution is 2.18. The van der Waals surface area contributed by atoms with Gasteiger partial charge in [-0.25, -0.2) is 4.79 Å². The number of carbonyl (C=O) groups excluding carboxylic acids is 1. The quantitative estimate of drug-likeness (QED) is 0.528. The van der Waals surface area contributed by atoms with Crippen molar-refractivity contribution in [2.75, 3.05) is 12.9 Å². The fraction of sp³-hybridized carbons (Fsp3) is 0.583. The van der Waals surface area contributed by atoms with Gasteiger partial charge in [-0.05, 0) is 26.0 Å². The number of aromatic amines is 1. The second-order valence-electron chi connectivity index (χ2n) is 4.14. The lowest BCUT2D eigenvalue weighted by atomic mass is 10.1. The molecule has 0 saturated heterocycles. The third-order valence-corrected chi connectivity index (χ3v) is 3.49. The number of hydrogen-bond donors (Lipinski definition) is 3. The molecule has 3 N–H and O–H groups in total. The summed E-state index contributed by atoms with van der Waals surface area (Å²) in [6.45, 7) is 3.63. The van der Waals surface area contributed by atoms with E-state index in [0.29, 0.717) is 22.7 Å². The molecule has 1 unspecified atom stereocenters. The van der Waals surface area contributed by atoms with Crippen molar-refractivity contribution in [3.05, 3.63) is 21.7 Å². The molecule has 0 fully saturated rings. The smallest absolute Gasteiger partial charge is 0.346 e. The Bertz CT molecular complexity index is 501. The van der Waals surface area contributed by atoms with Crippen molar-refractivity contribution in [1.29, 1.82) is 0 Å². The maximum atomic E-state index is 12.2. The first-order chi connectivity index (χ1) is 9.03. The first-order valence-corrected chi connectivity index (χ1v) is 7.32. The molecule has 1 amide bonds. The van der Waals surface area contributed by atoms with Gasteiger partial charge in [-0.1, -0.05) is 6.92 Å². The summed E-state index contributed by atoms with van der Waals surface area (Å²) in [4.78, 5) is 29.8. The molecule has 0 spiro atoms. The van der Waals surface area contributed by atoms with E-state index in [-0.39, 0.29) is 18.6 Å². The van der Waals surface area contributed by atoms with Gasteiger partial charge in [0.1, 0.15) is 5.03 Å². The van der Waals surface area contributed by atoms with E-state index < -0.39 is 5.69 Å². The van der Waals surface area contributed by atoms with E-state index in [1.54, 1.807) is 13.2 Å². The molecule has 0 aliphatic rings. The number of amides is 1. The van der Waals surface area contributed by atoms with Crippen LogP contribution in [-0.4, -0.2) is 39.9 Å². The second-order valence-corrected chi connectivity index (χ2v) is 4.94. The molecule has 0 radical (unpaired) electrons. The fourth-order valence-electron chi connectivity index (χ4n) is 1.77. The minimum atomic E-state index is -0.458. The number of aromatic nitrogens is 2. The normalized spacial score (nSPS) is 12.2. The van der Waals surface area contributed by atoms with Crippen molar-refractivity contribution < 1.29 is 9.90 Å². The summed E-state index contributed by atoms with van der Waals surface area (Å²) in [5.41, 5.74) is 0.435. The number of rotatable bonds is 6. The highest BCUT2D eigenvalue weighted by atomic mass is 32.2. The third-order valence-electron chi connectivity index (χ3n) is 2.81. The number of thioether (sulfide) groups is 1. The molecule has 1 atom stereocenters. The van der Waals surface area contributed by atoms with Gasteiger partial charge in [0.15, 0.2) is 0 Å². The van der Waals surface area contributed by atoms with E-state index in [1.807, 2.05) is 6.92 Å².